The molecular weight excluding hydrogens is 256 g/mol. The maximum atomic E-state index is 3.72. The molecule has 0 spiro atoms. The van der Waals surface area contributed by atoms with E-state index in [9.17, 15) is 0 Å². The first-order valence-electron chi connectivity index (χ1n) is 8.51. The van der Waals surface area contributed by atoms with Crippen molar-refractivity contribution in [1.29, 1.82) is 0 Å². The lowest BCUT2D eigenvalue weighted by Gasteiger charge is -2.30. The maximum Gasteiger partial charge on any atom is 0.0297 e. The molecule has 1 N–H and O–H groups in total. The molecule has 1 aliphatic rings. The van der Waals surface area contributed by atoms with Gasteiger partial charge in [0.25, 0.3) is 0 Å². The number of nitrogens with one attached hydrogen (secondary N) is 1. The van der Waals surface area contributed by atoms with Crippen molar-refractivity contribution in [2.45, 2.75) is 53.5 Å². The minimum Gasteiger partial charge on any atom is -0.309 e. The fourth-order valence-electron chi connectivity index (χ4n) is 3.70. The average Bonchev–Trinajstić information content (AvgIpc) is 2.40. The Kier molecular flexibility index (Phi) is 5.83. The molecule has 2 nitrogen and oxygen atoms in total. The van der Waals surface area contributed by atoms with Crippen molar-refractivity contribution in [3.63, 3.8) is 0 Å². The molecule has 1 aliphatic heterocycles. The molecule has 118 valence electrons. The summed E-state index contributed by atoms with van der Waals surface area (Å²) in [6.45, 7) is 16.1. The van der Waals surface area contributed by atoms with Crippen molar-refractivity contribution in [1.82, 2.24) is 10.2 Å². The van der Waals surface area contributed by atoms with Crippen LogP contribution in [0.2, 0.25) is 0 Å². The molecule has 0 bridgehead atoms. The van der Waals surface area contributed by atoms with Crippen LogP contribution in [0.25, 0.3) is 0 Å². The van der Waals surface area contributed by atoms with Gasteiger partial charge < -0.3 is 10.2 Å². The molecule has 1 aromatic carbocycles. The number of rotatable bonds is 5. The molecule has 0 amide bonds. The second-order valence-electron chi connectivity index (χ2n) is 7.01. The van der Waals surface area contributed by atoms with Crippen LogP contribution in [0.3, 0.4) is 0 Å². The Bertz CT molecular complexity index is 436. The van der Waals surface area contributed by atoms with E-state index in [1.54, 1.807) is 0 Å². The molecule has 1 unspecified atom stereocenters. The third-order valence-corrected chi connectivity index (χ3v) is 4.93. The van der Waals surface area contributed by atoms with E-state index >= 15 is 0 Å². The molecule has 2 rings (SSSR count). The van der Waals surface area contributed by atoms with Crippen LogP contribution in [0, 0.1) is 26.7 Å². The molecule has 1 fully saturated rings. The summed E-state index contributed by atoms with van der Waals surface area (Å²) in [5.41, 5.74) is 5.68. The zero-order valence-electron chi connectivity index (χ0n) is 14.5. The quantitative estimate of drug-likeness (QED) is 0.881. The van der Waals surface area contributed by atoms with Gasteiger partial charge in [-0.05, 0) is 76.2 Å². The maximum absolute atomic E-state index is 3.72. The van der Waals surface area contributed by atoms with Gasteiger partial charge in [0.1, 0.15) is 0 Å². The monoisotopic (exact) mass is 288 g/mol. The molecule has 0 aromatic heterocycles. The molecule has 0 radical (unpaired) electrons. The van der Waals surface area contributed by atoms with Crippen LogP contribution < -0.4 is 5.32 Å². The second kappa shape index (κ2) is 7.42. The van der Waals surface area contributed by atoms with Gasteiger partial charge in [-0.25, -0.2) is 0 Å². The number of nitrogens with zero attached hydrogens (tertiary/aromatic N) is 1. The summed E-state index contributed by atoms with van der Waals surface area (Å²) in [6, 6.07) is 5.04. The Labute approximate surface area is 130 Å². The lowest BCUT2D eigenvalue weighted by Crippen LogP contribution is -2.38. The number of likely N-dealkylation sites (tertiary alicyclic amines) is 1. The Morgan fingerprint density at radius 1 is 1.14 bits per heavy atom. The van der Waals surface area contributed by atoms with E-state index in [4.69, 9.17) is 0 Å². The Morgan fingerprint density at radius 3 is 2.29 bits per heavy atom. The zero-order chi connectivity index (χ0) is 15.4. The highest BCUT2D eigenvalue weighted by atomic mass is 15.1. The van der Waals surface area contributed by atoms with E-state index in [-0.39, 0.29) is 0 Å². The van der Waals surface area contributed by atoms with Crippen LogP contribution in [-0.2, 0) is 0 Å². The van der Waals surface area contributed by atoms with Crippen molar-refractivity contribution >= 4 is 0 Å². The predicted octanol–water partition coefficient (Wildman–Crippen LogP) is 3.99. The second-order valence-corrected chi connectivity index (χ2v) is 7.01. The van der Waals surface area contributed by atoms with E-state index in [0.29, 0.717) is 6.04 Å². The van der Waals surface area contributed by atoms with E-state index < -0.39 is 0 Å². The SMILES string of the molecule is Cc1cc(C)c(C(C)NCCN2CCC(C)CC2)c(C)c1. The summed E-state index contributed by atoms with van der Waals surface area (Å²) < 4.78 is 0. The highest BCUT2D eigenvalue weighted by Crippen LogP contribution is 2.23. The molecule has 0 aliphatic carbocycles. The molecule has 2 heteroatoms. The average molecular weight is 288 g/mol. The minimum absolute atomic E-state index is 0.439. The van der Waals surface area contributed by atoms with Gasteiger partial charge in [-0.2, -0.15) is 0 Å². The van der Waals surface area contributed by atoms with Crippen molar-refractivity contribution in [2.24, 2.45) is 5.92 Å². The number of benzene rings is 1. The molecule has 1 heterocycles. The van der Waals surface area contributed by atoms with Crippen LogP contribution in [0.5, 0.6) is 0 Å². The predicted molar refractivity (Wildman–Crippen MR) is 91.9 cm³/mol. The number of hydrogen-bond acceptors (Lipinski definition) is 2. The van der Waals surface area contributed by atoms with Gasteiger partial charge in [-0.15, -0.1) is 0 Å². The molecule has 1 aromatic rings. The van der Waals surface area contributed by atoms with Crippen molar-refractivity contribution in [3.8, 4) is 0 Å². The molecule has 0 saturated carbocycles. The largest absolute Gasteiger partial charge is 0.309 e. The fourth-order valence-corrected chi connectivity index (χ4v) is 3.70. The molecule has 1 saturated heterocycles. The van der Waals surface area contributed by atoms with Crippen molar-refractivity contribution in [3.05, 3.63) is 34.4 Å². The van der Waals surface area contributed by atoms with Crippen molar-refractivity contribution < 1.29 is 0 Å². The molecule has 1 atom stereocenters. The summed E-state index contributed by atoms with van der Waals surface area (Å²) >= 11 is 0. The normalized spacial score (nSPS) is 18.9. The smallest absolute Gasteiger partial charge is 0.0297 e. The van der Waals surface area contributed by atoms with Crippen LogP contribution >= 0.6 is 0 Å². The molecule has 21 heavy (non-hydrogen) atoms. The number of hydrogen-bond donors (Lipinski definition) is 1. The third-order valence-electron chi connectivity index (χ3n) is 4.93. The van der Waals surface area contributed by atoms with E-state index in [0.717, 1.165) is 12.5 Å². The van der Waals surface area contributed by atoms with Gasteiger partial charge in [-0.1, -0.05) is 24.6 Å². The van der Waals surface area contributed by atoms with E-state index in [1.807, 2.05) is 0 Å². The first kappa shape index (κ1) is 16.5. The Balaban J connectivity index is 1.83. The van der Waals surface area contributed by atoms with Crippen molar-refractivity contribution in [2.75, 3.05) is 26.2 Å². The van der Waals surface area contributed by atoms with Gasteiger partial charge in [0.05, 0.1) is 0 Å². The van der Waals surface area contributed by atoms with E-state index in [2.05, 4.69) is 57.0 Å². The Morgan fingerprint density at radius 2 is 1.71 bits per heavy atom. The van der Waals surface area contributed by atoms with Gasteiger partial charge in [0.15, 0.2) is 0 Å². The molecular formula is C19H32N2. The number of piperidine rings is 1. The topological polar surface area (TPSA) is 15.3 Å². The number of aryl methyl sites for hydroxylation is 3. The first-order chi connectivity index (χ1) is 9.97. The highest BCUT2D eigenvalue weighted by Gasteiger charge is 2.16. The third kappa shape index (κ3) is 4.55. The van der Waals surface area contributed by atoms with Crippen LogP contribution in [0.4, 0.5) is 0 Å². The zero-order valence-corrected chi connectivity index (χ0v) is 14.5. The summed E-state index contributed by atoms with van der Waals surface area (Å²) in [5, 5.41) is 3.72. The lowest BCUT2D eigenvalue weighted by molar-refractivity contribution is 0.191. The van der Waals surface area contributed by atoms with Gasteiger partial charge in [0, 0.05) is 19.1 Å². The van der Waals surface area contributed by atoms with E-state index in [1.165, 1.54) is 54.7 Å². The summed E-state index contributed by atoms with van der Waals surface area (Å²) in [7, 11) is 0. The highest BCUT2D eigenvalue weighted by molar-refractivity contribution is 5.39. The van der Waals surface area contributed by atoms with Gasteiger partial charge >= 0.3 is 0 Å². The van der Waals surface area contributed by atoms with Crippen LogP contribution in [0.15, 0.2) is 12.1 Å². The standard InChI is InChI=1S/C19H32N2/c1-14-6-9-21(10-7-14)11-8-20-18(5)19-16(3)12-15(2)13-17(19)4/h12-14,18,20H,6-11H2,1-5H3. The lowest BCUT2D eigenvalue weighted by atomic mass is 9.95. The first-order valence-corrected chi connectivity index (χ1v) is 8.51. The van der Waals surface area contributed by atoms with Crippen LogP contribution in [0.1, 0.15) is 55.0 Å². The van der Waals surface area contributed by atoms with Gasteiger partial charge in [0.2, 0.25) is 0 Å². The fraction of sp³-hybridized carbons (Fsp3) is 0.684. The van der Waals surface area contributed by atoms with Crippen LogP contribution in [-0.4, -0.2) is 31.1 Å². The summed E-state index contributed by atoms with van der Waals surface area (Å²) in [4.78, 5) is 2.61. The van der Waals surface area contributed by atoms with Gasteiger partial charge in [-0.3, -0.25) is 0 Å². The minimum atomic E-state index is 0.439. The summed E-state index contributed by atoms with van der Waals surface area (Å²) in [5.74, 6) is 0.922. The summed E-state index contributed by atoms with van der Waals surface area (Å²) in [6.07, 6.45) is 2.73. The Hall–Kier alpha value is -0.860.